The lowest BCUT2D eigenvalue weighted by molar-refractivity contribution is 0.0895. The fourth-order valence-electron chi connectivity index (χ4n) is 4.56. The van der Waals surface area contributed by atoms with Crippen LogP contribution in [0.4, 0.5) is 16.3 Å². The van der Waals surface area contributed by atoms with Crippen molar-refractivity contribution in [3.63, 3.8) is 0 Å². The van der Waals surface area contributed by atoms with E-state index < -0.39 is 15.9 Å². The molecule has 0 spiro atoms. The van der Waals surface area contributed by atoms with Crippen LogP contribution < -0.4 is 15.4 Å². The standard InChI is InChI=1S/C28H30ClN5O6S/c1-41(37,38)13-10-30-16-21-4-7-25(40-21)18-2-5-24-22(14-18)27(32-17-31-24)33-19-3-6-26(23(29)15-19)39-20-8-11-34(12-9-20)28(35)36/h2-7,14-15,17,20,30H,8-13,16H2,1H3,(H,35,36)(H,31,32,33). The lowest BCUT2D eigenvalue weighted by Crippen LogP contribution is -2.41. The van der Waals surface area contributed by atoms with E-state index in [1.54, 1.807) is 12.1 Å². The van der Waals surface area contributed by atoms with Crippen LogP contribution in [0.5, 0.6) is 5.75 Å². The van der Waals surface area contributed by atoms with E-state index in [9.17, 15) is 13.2 Å². The Kier molecular flexibility index (Phi) is 8.62. The molecule has 1 fully saturated rings. The number of ether oxygens (including phenoxy) is 1. The zero-order valence-electron chi connectivity index (χ0n) is 22.3. The Morgan fingerprint density at radius 2 is 1.95 bits per heavy atom. The van der Waals surface area contributed by atoms with Gasteiger partial charge in [-0.25, -0.2) is 23.2 Å². The third-order valence-electron chi connectivity index (χ3n) is 6.73. The van der Waals surface area contributed by atoms with Gasteiger partial charge in [0.1, 0.15) is 45.4 Å². The Morgan fingerprint density at radius 3 is 2.68 bits per heavy atom. The van der Waals surface area contributed by atoms with Crippen LogP contribution in [-0.2, 0) is 16.4 Å². The summed E-state index contributed by atoms with van der Waals surface area (Å²) in [5.41, 5.74) is 2.31. The average Bonchev–Trinajstić information content (AvgIpc) is 3.41. The van der Waals surface area contributed by atoms with Crippen LogP contribution in [0.1, 0.15) is 18.6 Å². The molecule has 3 N–H and O–H groups in total. The number of aromatic nitrogens is 2. The lowest BCUT2D eigenvalue weighted by Gasteiger charge is -2.30. The van der Waals surface area contributed by atoms with E-state index in [0.29, 0.717) is 72.8 Å². The first-order valence-electron chi connectivity index (χ1n) is 13.1. The number of nitrogens with zero attached hydrogens (tertiary/aromatic N) is 3. The number of anilines is 2. The molecule has 2 aromatic heterocycles. The van der Waals surface area contributed by atoms with Crippen LogP contribution in [0.3, 0.4) is 0 Å². The van der Waals surface area contributed by atoms with Crippen LogP contribution in [-0.4, -0.2) is 72.2 Å². The van der Waals surface area contributed by atoms with Crippen molar-refractivity contribution < 1.29 is 27.5 Å². The molecule has 5 rings (SSSR count). The molecule has 0 atom stereocenters. The first-order valence-corrected chi connectivity index (χ1v) is 15.5. The number of hydrogen-bond donors (Lipinski definition) is 3. The van der Waals surface area contributed by atoms with E-state index in [2.05, 4.69) is 20.6 Å². The van der Waals surface area contributed by atoms with Gasteiger partial charge in [0, 0.05) is 55.4 Å². The minimum Gasteiger partial charge on any atom is -0.489 e. The lowest BCUT2D eigenvalue weighted by atomic mass is 10.1. The van der Waals surface area contributed by atoms with Crippen molar-refractivity contribution in [2.24, 2.45) is 0 Å². The fraction of sp³-hybridized carbons (Fsp3) is 0.321. The van der Waals surface area contributed by atoms with E-state index in [-0.39, 0.29) is 11.9 Å². The third kappa shape index (κ3) is 7.46. The van der Waals surface area contributed by atoms with Gasteiger partial charge >= 0.3 is 6.09 Å². The first-order chi connectivity index (χ1) is 19.6. The summed E-state index contributed by atoms with van der Waals surface area (Å²) in [5, 5.41) is 16.7. The smallest absolute Gasteiger partial charge is 0.407 e. The molecule has 2 aromatic carbocycles. The topological polar surface area (TPSA) is 147 Å². The zero-order valence-corrected chi connectivity index (χ0v) is 23.9. The highest BCUT2D eigenvalue weighted by Crippen LogP contribution is 2.33. The largest absolute Gasteiger partial charge is 0.489 e. The molecule has 3 heterocycles. The molecule has 0 aliphatic carbocycles. The minimum absolute atomic E-state index is 0.0654. The predicted molar refractivity (Wildman–Crippen MR) is 157 cm³/mol. The normalized spacial score (nSPS) is 14.3. The number of nitrogens with one attached hydrogen (secondary N) is 2. The van der Waals surface area contributed by atoms with Crippen LogP contribution in [0.25, 0.3) is 22.2 Å². The number of fused-ring (bicyclic) bond motifs is 1. The number of hydrogen-bond acceptors (Lipinski definition) is 9. The van der Waals surface area contributed by atoms with Crippen molar-refractivity contribution in [1.29, 1.82) is 0 Å². The molecule has 0 bridgehead atoms. The van der Waals surface area contributed by atoms with Gasteiger partial charge < -0.3 is 29.8 Å². The van der Waals surface area contributed by atoms with Crippen molar-refractivity contribution in [3.05, 3.63) is 65.6 Å². The van der Waals surface area contributed by atoms with Crippen LogP contribution in [0.2, 0.25) is 5.02 Å². The van der Waals surface area contributed by atoms with E-state index in [4.69, 9.17) is 25.9 Å². The highest BCUT2D eigenvalue weighted by atomic mass is 35.5. The van der Waals surface area contributed by atoms with Crippen LogP contribution >= 0.6 is 11.6 Å². The molecular formula is C28H30ClN5O6S. The van der Waals surface area contributed by atoms with Gasteiger partial charge in [0.25, 0.3) is 0 Å². The molecule has 1 aliphatic rings. The van der Waals surface area contributed by atoms with Crippen LogP contribution in [0.15, 0.2) is 59.3 Å². The number of rotatable bonds is 10. The van der Waals surface area contributed by atoms with Crippen molar-refractivity contribution in [3.8, 4) is 17.1 Å². The molecule has 1 saturated heterocycles. The summed E-state index contributed by atoms with van der Waals surface area (Å²) >= 11 is 6.54. The SMILES string of the molecule is CS(=O)(=O)CCNCc1ccc(-c2ccc3ncnc(Nc4ccc(OC5CCN(C(=O)O)CC5)c(Cl)c4)c3c2)o1. The number of benzene rings is 2. The first kappa shape index (κ1) is 28.7. The predicted octanol–water partition coefficient (Wildman–Crippen LogP) is 4.94. The molecule has 13 heteroatoms. The number of furan rings is 1. The number of carbonyl (C=O) groups is 1. The number of sulfone groups is 1. The van der Waals surface area contributed by atoms with Crippen molar-refractivity contribution >= 4 is 49.9 Å². The Hall–Kier alpha value is -3.87. The summed E-state index contributed by atoms with van der Waals surface area (Å²) in [6.07, 6.45) is 2.90. The maximum Gasteiger partial charge on any atom is 0.407 e. The molecule has 1 aliphatic heterocycles. The minimum atomic E-state index is -3.02. The average molecular weight is 600 g/mol. The van der Waals surface area contributed by atoms with Gasteiger partial charge in [0.15, 0.2) is 0 Å². The molecule has 216 valence electrons. The van der Waals surface area contributed by atoms with Gasteiger partial charge in [-0.15, -0.1) is 0 Å². The second-order valence-corrected chi connectivity index (χ2v) is 12.6. The maximum absolute atomic E-state index is 11.3. The number of likely N-dealkylation sites (tertiary alicyclic amines) is 1. The molecule has 11 nitrogen and oxygen atoms in total. The summed E-state index contributed by atoms with van der Waals surface area (Å²) < 4.78 is 34.6. The molecule has 0 unspecified atom stereocenters. The summed E-state index contributed by atoms with van der Waals surface area (Å²) in [6, 6.07) is 14.9. The van der Waals surface area contributed by atoms with Crippen molar-refractivity contribution in [2.75, 3.05) is 37.0 Å². The van der Waals surface area contributed by atoms with Gasteiger partial charge in [-0.2, -0.15) is 0 Å². The van der Waals surface area contributed by atoms with E-state index in [1.807, 2.05) is 36.4 Å². The van der Waals surface area contributed by atoms with Crippen molar-refractivity contribution in [1.82, 2.24) is 20.2 Å². The summed E-state index contributed by atoms with van der Waals surface area (Å²) in [7, 11) is -3.02. The van der Waals surface area contributed by atoms with E-state index in [1.165, 1.54) is 17.5 Å². The number of piperidine rings is 1. The monoisotopic (exact) mass is 599 g/mol. The highest BCUT2D eigenvalue weighted by Gasteiger charge is 2.24. The molecular weight excluding hydrogens is 570 g/mol. The molecule has 41 heavy (non-hydrogen) atoms. The van der Waals surface area contributed by atoms with Crippen molar-refractivity contribution in [2.45, 2.75) is 25.5 Å². The summed E-state index contributed by atoms with van der Waals surface area (Å²) in [6.45, 7) is 1.63. The van der Waals surface area contributed by atoms with Gasteiger partial charge in [0.05, 0.1) is 22.8 Å². The fourth-order valence-corrected chi connectivity index (χ4v) is 5.30. The number of carboxylic acid groups (broad SMARTS) is 1. The van der Waals surface area contributed by atoms with Gasteiger partial charge in [-0.1, -0.05) is 11.6 Å². The Labute approximate surface area is 242 Å². The Balaban J connectivity index is 1.27. The Bertz CT molecular complexity index is 1650. The molecule has 4 aromatic rings. The van der Waals surface area contributed by atoms with Crippen LogP contribution in [0, 0.1) is 0 Å². The second kappa shape index (κ2) is 12.3. The maximum atomic E-state index is 11.3. The van der Waals surface area contributed by atoms with E-state index >= 15 is 0 Å². The molecule has 0 saturated carbocycles. The van der Waals surface area contributed by atoms with Gasteiger partial charge in [-0.3, -0.25) is 0 Å². The van der Waals surface area contributed by atoms with Gasteiger partial charge in [-0.05, 0) is 48.5 Å². The van der Waals surface area contributed by atoms with E-state index in [0.717, 1.165) is 16.5 Å². The third-order valence-corrected chi connectivity index (χ3v) is 7.97. The number of amides is 1. The molecule has 1 amide bonds. The molecule has 0 radical (unpaired) electrons. The zero-order chi connectivity index (χ0) is 29.0. The quantitative estimate of drug-likeness (QED) is 0.214. The summed E-state index contributed by atoms with van der Waals surface area (Å²) in [5.74, 6) is 2.56. The summed E-state index contributed by atoms with van der Waals surface area (Å²) in [4.78, 5) is 21.3. The highest BCUT2D eigenvalue weighted by molar-refractivity contribution is 7.90. The van der Waals surface area contributed by atoms with Gasteiger partial charge in [0.2, 0.25) is 0 Å². The Morgan fingerprint density at radius 1 is 1.15 bits per heavy atom. The number of halogens is 1. The second-order valence-electron chi connectivity index (χ2n) is 9.88.